The summed E-state index contributed by atoms with van der Waals surface area (Å²) in [5, 5.41) is 19.2. The van der Waals surface area contributed by atoms with Crippen LogP contribution in [0.5, 0.6) is 5.88 Å². The van der Waals surface area contributed by atoms with E-state index in [0.29, 0.717) is 34.5 Å². The van der Waals surface area contributed by atoms with Crippen LogP contribution in [-0.2, 0) is 11.2 Å². The normalized spacial score (nSPS) is 11.4. The van der Waals surface area contributed by atoms with Crippen LogP contribution in [0, 0.1) is 5.82 Å². The molecule has 152 valence electrons. The van der Waals surface area contributed by atoms with E-state index < -0.39 is 16.5 Å². The Morgan fingerprint density at radius 3 is 2.76 bits per heavy atom. The maximum atomic E-state index is 13.3. The molecule has 0 bridgehead atoms. The summed E-state index contributed by atoms with van der Waals surface area (Å²) in [6.07, 6.45) is 0.557. The van der Waals surface area contributed by atoms with Gasteiger partial charge in [0.05, 0.1) is 23.0 Å². The number of ether oxygens (including phenoxy) is 1. The lowest BCUT2D eigenvalue weighted by Crippen LogP contribution is -2.26. The number of thiazole rings is 1. The Bertz CT molecular complexity index is 1010. The lowest BCUT2D eigenvalue weighted by molar-refractivity contribution is -0.138. The van der Waals surface area contributed by atoms with Crippen molar-refractivity contribution in [3.8, 4) is 17.1 Å². The Hall–Kier alpha value is -2.23. The van der Waals surface area contributed by atoms with Gasteiger partial charge < -0.3 is 9.84 Å². The Kier molecular flexibility index (Phi) is 6.71. The Labute approximate surface area is 180 Å². The maximum Gasteiger partial charge on any atom is 0.319 e. The minimum atomic E-state index is -0.933. The fourth-order valence-corrected chi connectivity index (χ4v) is 4.59. The van der Waals surface area contributed by atoms with Gasteiger partial charge >= 0.3 is 5.97 Å². The molecule has 29 heavy (non-hydrogen) atoms. The minimum absolute atomic E-state index is 0.0252. The van der Waals surface area contributed by atoms with E-state index in [1.54, 1.807) is 32.0 Å². The molecule has 1 N–H and O–H groups in total. The van der Waals surface area contributed by atoms with E-state index in [4.69, 9.17) is 16.3 Å². The molecular weight excluding hydrogens is 437 g/mol. The number of carbonyl (C=O) groups is 1. The van der Waals surface area contributed by atoms with Crippen molar-refractivity contribution in [3.05, 3.63) is 52.2 Å². The summed E-state index contributed by atoms with van der Waals surface area (Å²) < 4.78 is 18.6. The fourth-order valence-electron chi connectivity index (χ4n) is 2.18. The summed E-state index contributed by atoms with van der Waals surface area (Å²) in [6.45, 7) is 3.64. The first-order chi connectivity index (χ1) is 13.7. The Morgan fingerprint density at radius 1 is 1.31 bits per heavy atom. The predicted octanol–water partition coefficient (Wildman–Crippen LogP) is 4.97. The fraction of sp³-hybridized carbons (Fsp3) is 0.263. The zero-order valence-electron chi connectivity index (χ0n) is 15.6. The number of aromatic nitrogens is 3. The summed E-state index contributed by atoms with van der Waals surface area (Å²) in [6, 6.07) is 7.75. The van der Waals surface area contributed by atoms with E-state index >= 15 is 0 Å². The number of benzene rings is 1. The van der Waals surface area contributed by atoms with Crippen molar-refractivity contribution in [2.45, 2.75) is 29.4 Å². The molecule has 0 aliphatic carbocycles. The highest BCUT2D eigenvalue weighted by Gasteiger charge is 2.29. The van der Waals surface area contributed by atoms with Crippen LogP contribution in [0.3, 0.4) is 0 Å². The van der Waals surface area contributed by atoms with E-state index in [1.165, 1.54) is 35.2 Å². The monoisotopic (exact) mass is 453 g/mol. The average Bonchev–Trinajstić information content (AvgIpc) is 3.11. The number of thioether (sulfide) groups is 1. The SMILES string of the molecule is CC(C)(Sc1nc(CCOc2ccc(-c3ccc(F)c(Cl)c3)nn2)cs1)C(=O)O. The lowest BCUT2D eigenvalue weighted by atomic mass is 10.1. The molecule has 10 heteroatoms. The number of carboxylic acids is 1. The summed E-state index contributed by atoms with van der Waals surface area (Å²) in [5.41, 5.74) is 2.04. The molecule has 2 heterocycles. The van der Waals surface area contributed by atoms with E-state index in [0.717, 1.165) is 5.69 Å². The second-order valence-electron chi connectivity index (χ2n) is 6.51. The first kappa shape index (κ1) is 21.5. The van der Waals surface area contributed by atoms with Crippen LogP contribution >= 0.6 is 34.7 Å². The number of aliphatic carboxylic acids is 1. The van der Waals surface area contributed by atoms with Crippen LogP contribution in [0.25, 0.3) is 11.3 Å². The number of halogens is 2. The van der Waals surface area contributed by atoms with Crippen molar-refractivity contribution in [1.82, 2.24) is 15.2 Å². The van der Waals surface area contributed by atoms with Gasteiger partial charge in [-0.05, 0) is 38.1 Å². The lowest BCUT2D eigenvalue weighted by Gasteiger charge is -2.15. The van der Waals surface area contributed by atoms with E-state index in [9.17, 15) is 14.3 Å². The topological polar surface area (TPSA) is 85.2 Å². The van der Waals surface area contributed by atoms with Crippen LogP contribution in [0.15, 0.2) is 40.1 Å². The van der Waals surface area contributed by atoms with Gasteiger partial charge in [-0.2, -0.15) is 0 Å². The Morgan fingerprint density at radius 2 is 2.10 bits per heavy atom. The first-order valence-corrected chi connectivity index (χ1v) is 10.6. The third-order valence-corrected chi connectivity index (χ3v) is 6.31. The van der Waals surface area contributed by atoms with Gasteiger partial charge in [0, 0.05) is 23.4 Å². The van der Waals surface area contributed by atoms with Crippen LogP contribution < -0.4 is 4.74 Å². The van der Waals surface area contributed by atoms with Crippen molar-refractivity contribution < 1.29 is 19.0 Å². The molecule has 0 radical (unpaired) electrons. The molecule has 0 spiro atoms. The third-order valence-electron chi connectivity index (χ3n) is 3.85. The number of rotatable bonds is 8. The Balaban J connectivity index is 1.53. The van der Waals surface area contributed by atoms with Crippen LogP contribution in [0.2, 0.25) is 5.02 Å². The van der Waals surface area contributed by atoms with Crippen molar-refractivity contribution >= 4 is 40.7 Å². The summed E-state index contributed by atoms with van der Waals surface area (Å²) >= 11 is 8.42. The molecule has 0 saturated carbocycles. The number of nitrogens with zero attached hydrogens (tertiary/aromatic N) is 3. The molecule has 0 aliphatic heterocycles. The van der Waals surface area contributed by atoms with Gasteiger partial charge in [-0.15, -0.1) is 21.5 Å². The second kappa shape index (κ2) is 9.06. The average molecular weight is 454 g/mol. The zero-order chi connectivity index (χ0) is 21.0. The molecule has 0 atom stereocenters. The third kappa shape index (κ3) is 5.65. The van der Waals surface area contributed by atoms with Gasteiger partial charge in [-0.1, -0.05) is 23.4 Å². The molecule has 0 fully saturated rings. The van der Waals surface area contributed by atoms with Gasteiger partial charge in [-0.25, -0.2) is 9.37 Å². The second-order valence-corrected chi connectivity index (χ2v) is 9.64. The molecule has 1 aromatic carbocycles. The van der Waals surface area contributed by atoms with Crippen molar-refractivity contribution in [2.75, 3.05) is 6.61 Å². The van der Waals surface area contributed by atoms with Gasteiger partial charge in [0.15, 0.2) is 4.34 Å². The molecular formula is C19H17ClFN3O3S2. The maximum absolute atomic E-state index is 13.3. The van der Waals surface area contributed by atoms with Crippen molar-refractivity contribution in [1.29, 1.82) is 0 Å². The molecule has 3 aromatic rings. The smallest absolute Gasteiger partial charge is 0.319 e. The van der Waals surface area contributed by atoms with E-state index in [2.05, 4.69) is 15.2 Å². The van der Waals surface area contributed by atoms with Crippen molar-refractivity contribution in [3.63, 3.8) is 0 Å². The molecule has 3 rings (SSSR count). The van der Waals surface area contributed by atoms with E-state index in [-0.39, 0.29) is 5.02 Å². The summed E-state index contributed by atoms with van der Waals surface area (Å²) in [5.74, 6) is -1.01. The molecule has 0 aliphatic rings. The molecule has 6 nitrogen and oxygen atoms in total. The van der Waals surface area contributed by atoms with Gasteiger partial charge in [-0.3, -0.25) is 4.79 Å². The van der Waals surface area contributed by atoms with Gasteiger partial charge in [0.1, 0.15) is 10.6 Å². The highest BCUT2D eigenvalue weighted by atomic mass is 35.5. The largest absolute Gasteiger partial charge is 0.480 e. The number of hydrogen-bond donors (Lipinski definition) is 1. The first-order valence-electron chi connectivity index (χ1n) is 8.53. The molecule has 0 amide bonds. The van der Waals surface area contributed by atoms with Crippen LogP contribution in [-0.4, -0.2) is 37.6 Å². The highest BCUT2D eigenvalue weighted by molar-refractivity contribution is 8.02. The van der Waals surface area contributed by atoms with Crippen molar-refractivity contribution in [2.24, 2.45) is 0 Å². The summed E-state index contributed by atoms with van der Waals surface area (Å²) in [7, 11) is 0. The van der Waals surface area contributed by atoms with E-state index in [1.807, 2.05) is 5.38 Å². The minimum Gasteiger partial charge on any atom is -0.480 e. The predicted molar refractivity (Wildman–Crippen MR) is 111 cm³/mol. The number of hydrogen-bond acceptors (Lipinski definition) is 7. The molecule has 0 unspecified atom stereocenters. The van der Waals surface area contributed by atoms with Crippen LogP contribution in [0.1, 0.15) is 19.5 Å². The van der Waals surface area contributed by atoms with Gasteiger partial charge in [0.25, 0.3) is 0 Å². The zero-order valence-corrected chi connectivity index (χ0v) is 17.9. The quantitative estimate of drug-likeness (QED) is 0.482. The molecule has 2 aromatic heterocycles. The highest BCUT2D eigenvalue weighted by Crippen LogP contribution is 2.34. The number of carboxylic acid groups (broad SMARTS) is 1. The van der Waals surface area contributed by atoms with Gasteiger partial charge in [0.2, 0.25) is 5.88 Å². The van der Waals surface area contributed by atoms with Crippen LogP contribution in [0.4, 0.5) is 4.39 Å². The standard InChI is InChI=1S/C19H17ClFN3O3S2/c1-19(2,17(25)26)29-18-22-12(10-28-18)7-8-27-16-6-5-15(23-24-16)11-3-4-14(21)13(20)9-11/h3-6,9-10H,7-8H2,1-2H3,(H,25,26). The summed E-state index contributed by atoms with van der Waals surface area (Å²) in [4.78, 5) is 15.6. The molecule has 0 saturated heterocycles.